The molecule has 0 amide bonds. The first-order chi connectivity index (χ1) is 24.0. The Morgan fingerprint density at radius 3 is 2.27 bits per heavy atom. The molecule has 9 heteroatoms. The van der Waals surface area contributed by atoms with Crippen molar-refractivity contribution in [2.24, 2.45) is 22.2 Å². The minimum atomic E-state index is -0.302. The molecule has 2 atom stereocenters. The van der Waals surface area contributed by atoms with Crippen molar-refractivity contribution in [1.29, 1.82) is 0 Å². The fourth-order valence-electron chi connectivity index (χ4n) is 6.65. The van der Waals surface area contributed by atoms with E-state index < -0.39 is 0 Å². The van der Waals surface area contributed by atoms with Gasteiger partial charge in [-0.3, -0.25) is 9.56 Å². The summed E-state index contributed by atoms with van der Waals surface area (Å²) in [6, 6.07) is 17.9. The number of nitrogens with zero attached hydrogens (tertiary/aromatic N) is 3. The topological polar surface area (TPSA) is 153 Å². The van der Waals surface area contributed by atoms with Crippen LogP contribution < -0.4 is 28.2 Å². The van der Waals surface area contributed by atoms with Gasteiger partial charge in [-0.2, -0.15) is 4.98 Å². The molecule has 0 saturated heterocycles. The molecule has 9 nitrogen and oxygen atoms in total. The number of hydrogen-bond donors (Lipinski definition) is 5. The molecule has 0 radical (unpaired) electrons. The van der Waals surface area contributed by atoms with E-state index in [1.54, 1.807) is 10.1 Å². The Morgan fingerprint density at radius 2 is 1.67 bits per heavy atom. The van der Waals surface area contributed by atoms with Crippen LogP contribution in [0.15, 0.2) is 64.5 Å². The summed E-state index contributed by atoms with van der Waals surface area (Å²) in [5.74, 6) is 0.926. The van der Waals surface area contributed by atoms with Crippen LogP contribution in [-0.4, -0.2) is 39.6 Å². The van der Waals surface area contributed by atoms with Crippen molar-refractivity contribution in [2.75, 3.05) is 13.1 Å². The highest BCUT2D eigenvalue weighted by Gasteiger charge is 2.22. The molecule has 0 spiro atoms. The zero-order valence-corrected chi connectivity index (χ0v) is 32.5. The molecule has 2 aromatic carbocycles. The molecular weight excluding hydrogens is 633 g/mol. The second-order valence-corrected chi connectivity index (χ2v) is 16.6. The molecular formula is C42H64N8O. The van der Waals surface area contributed by atoms with E-state index in [0.29, 0.717) is 18.2 Å². The summed E-state index contributed by atoms with van der Waals surface area (Å²) in [6.45, 7) is 19.0. The number of aryl methyl sites for hydroxylation is 1. The van der Waals surface area contributed by atoms with Gasteiger partial charge in [-0.25, -0.2) is 4.79 Å². The Bertz CT molecular complexity index is 1780. The first-order valence-electron chi connectivity index (χ1n) is 18.9. The van der Waals surface area contributed by atoms with Gasteiger partial charge in [0.2, 0.25) is 0 Å². The third kappa shape index (κ3) is 11.8. The Kier molecular flexibility index (Phi) is 13.7. The minimum absolute atomic E-state index is 0.0390. The predicted octanol–water partition coefficient (Wildman–Crippen LogP) is 7.64. The van der Waals surface area contributed by atoms with Gasteiger partial charge >= 0.3 is 5.69 Å². The van der Waals surface area contributed by atoms with Crippen LogP contribution in [0.3, 0.4) is 0 Å². The fraction of sp³-hybridized carbons (Fsp3) is 0.548. The van der Waals surface area contributed by atoms with Gasteiger partial charge in [0, 0.05) is 41.3 Å². The number of aromatic amines is 1. The van der Waals surface area contributed by atoms with Gasteiger partial charge in [0.25, 0.3) is 0 Å². The number of benzene rings is 2. The van der Waals surface area contributed by atoms with Gasteiger partial charge in [0.1, 0.15) is 5.65 Å². The molecule has 1 fully saturated rings. The van der Waals surface area contributed by atoms with Crippen LogP contribution in [0.25, 0.3) is 16.7 Å². The lowest BCUT2D eigenvalue weighted by Gasteiger charge is -2.23. The predicted molar refractivity (Wildman–Crippen MR) is 215 cm³/mol. The van der Waals surface area contributed by atoms with Gasteiger partial charge in [-0.05, 0) is 111 Å². The fourth-order valence-corrected chi connectivity index (χ4v) is 6.65. The normalized spacial score (nSPS) is 15.0. The SMILES string of the molecule is C[C@H](N)CCCc1cc(C2CCCC2)cc(C(C)(C)C)c1.C[C@H](NCCCN=C(N)N)c1ccc(-n2cc3cc(C(C)(C)C)[nH]c3nc2=O)cc1. The maximum absolute atomic E-state index is 12.6. The summed E-state index contributed by atoms with van der Waals surface area (Å²) in [5.41, 5.74) is 24.7. The van der Waals surface area contributed by atoms with Crippen LogP contribution in [0.2, 0.25) is 0 Å². The third-order valence-corrected chi connectivity index (χ3v) is 9.90. The van der Waals surface area contributed by atoms with E-state index in [2.05, 4.69) is 99.9 Å². The number of aromatic nitrogens is 3. The lowest BCUT2D eigenvalue weighted by atomic mass is 9.82. The lowest BCUT2D eigenvalue weighted by Crippen LogP contribution is -2.24. The maximum Gasteiger partial charge on any atom is 0.354 e. The van der Waals surface area contributed by atoms with Crippen LogP contribution in [0, 0.1) is 0 Å². The quantitative estimate of drug-likeness (QED) is 0.0583. The number of hydrogen-bond acceptors (Lipinski definition) is 5. The summed E-state index contributed by atoms with van der Waals surface area (Å²) in [5, 5.41) is 4.36. The van der Waals surface area contributed by atoms with Gasteiger partial charge in [-0.1, -0.05) is 84.7 Å². The van der Waals surface area contributed by atoms with E-state index in [9.17, 15) is 4.79 Å². The van der Waals surface area contributed by atoms with Gasteiger partial charge in [-0.15, -0.1) is 0 Å². The smallest absolute Gasteiger partial charge is 0.354 e. The monoisotopic (exact) mass is 697 g/mol. The second-order valence-electron chi connectivity index (χ2n) is 16.6. The third-order valence-electron chi connectivity index (χ3n) is 9.90. The van der Waals surface area contributed by atoms with Crippen LogP contribution in [0.1, 0.15) is 140 Å². The van der Waals surface area contributed by atoms with E-state index in [4.69, 9.17) is 17.2 Å². The van der Waals surface area contributed by atoms with Gasteiger partial charge < -0.3 is 27.5 Å². The summed E-state index contributed by atoms with van der Waals surface area (Å²) < 4.78 is 1.58. The van der Waals surface area contributed by atoms with Crippen LogP contribution in [-0.2, 0) is 17.3 Å². The highest BCUT2D eigenvalue weighted by Crippen LogP contribution is 2.37. The van der Waals surface area contributed by atoms with Crippen molar-refractivity contribution >= 4 is 17.0 Å². The Hall–Kier alpha value is -3.95. The van der Waals surface area contributed by atoms with Crippen molar-refractivity contribution in [3.63, 3.8) is 0 Å². The van der Waals surface area contributed by atoms with E-state index in [1.165, 1.54) is 49.7 Å². The number of rotatable bonds is 12. The van der Waals surface area contributed by atoms with Crippen molar-refractivity contribution in [3.8, 4) is 5.69 Å². The molecule has 278 valence electrons. The van der Waals surface area contributed by atoms with Gasteiger partial charge in [0.05, 0.1) is 5.69 Å². The van der Waals surface area contributed by atoms with Crippen molar-refractivity contribution < 1.29 is 0 Å². The molecule has 0 unspecified atom stereocenters. The molecule has 2 heterocycles. The molecule has 1 aliphatic rings. The molecule has 51 heavy (non-hydrogen) atoms. The average molecular weight is 697 g/mol. The highest BCUT2D eigenvalue weighted by atomic mass is 16.1. The van der Waals surface area contributed by atoms with E-state index >= 15 is 0 Å². The van der Waals surface area contributed by atoms with Crippen molar-refractivity contribution in [2.45, 2.75) is 136 Å². The molecule has 4 aromatic rings. The van der Waals surface area contributed by atoms with Gasteiger partial charge in [0.15, 0.2) is 5.96 Å². The lowest BCUT2D eigenvalue weighted by molar-refractivity contribution is 0.562. The van der Waals surface area contributed by atoms with Crippen molar-refractivity contribution in [1.82, 2.24) is 19.9 Å². The first-order valence-corrected chi connectivity index (χ1v) is 18.9. The number of H-pyrrole nitrogens is 1. The number of fused-ring (bicyclic) bond motifs is 1. The van der Waals surface area contributed by atoms with Crippen LogP contribution in [0.4, 0.5) is 0 Å². The standard InChI is InChI=1S/C22H31N7O.C20H33N/c1-14(25-10-5-11-26-20(23)24)15-6-8-17(9-7-15)29-13-16-12-18(22(2,3)4)27-19(16)28-21(29)30;1-15(21)8-7-9-16-12-18(17-10-5-6-11-17)14-19(13-16)20(2,3)4/h6-9,12-14,25H,5,10-11H2,1-4H3,(H4,23,24,26)(H,27,28,30);12-15,17H,5-11,21H2,1-4H3/t14-;15-/m00/s1. The first kappa shape index (κ1) is 39.8. The summed E-state index contributed by atoms with van der Waals surface area (Å²) in [6.07, 6.45) is 11.8. The molecule has 8 N–H and O–H groups in total. The maximum atomic E-state index is 12.6. The minimum Gasteiger partial charge on any atom is -0.370 e. The van der Waals surface area contributed by atoms with E-state index in [-0.39, 0.29) is 28.5 Å². The molecule has 2 aromatic heterocycles. The Morgan fingerprint density at radius 1 is 0.980 bits per heavy atom. The summed E-state index contributed by atoms with van der Waals surface area (Å²) in [7, 11) is 0. The van der Waals surface area contributed by atoms with E-state index in [1.807, 2.05) is 30.5 Å². The van der Waals surface area contributed by atoms with Crippen molar-refractivity contribution in [3.05, 3.63) is 93.2 Å². The number of nitrogens with one attached hydrogen (secondary N) is 2. The summed E-state index contributed by atoms with van der Waals surface area (Å²) >= 11 is 0. The summed E-state index contributed by atoms with van der Waals surface area (Å²) in [4.78, 5) is 24.0. The Balaban J connectivity index is 0.000000244. The van der Waals surface area contributed by atoms with Crippen LogP contribution in [0.5, 0.6) is 0 Å². The van der Waals surface area contributed by atoms with E-state index in [0.717, 1.165) is 47.6 Å². The number of nitrogens with two attached hydrogens (primary N) is 3. The highest BCUT2D eigenvalue weighted by molar-refractivity contribution is 5.76. The number of aliphatic imine (C=N–C) groups is 1. The largest absolute Gasteiger partial charge is 0.370 e. The Labute approximate surface area is 305 Å². The average Bonchev–Trinajstić information content (AvgIpc) is 3.75. The number of guanidine groups is 1. The molecule has 0 bridgehead atoms. The zero-order valence-electron chi connectivity index (χ0n) is 32.5. The molecule has 0 aliphatic heterocycles. The molecule has 1 aliphatic carbocycles. The van der Waals surface area contributed by atoms with Crippen LogP contribution >= 0.6 is 0 Å². The zero-order chi connectivity index (χ0) is 37.3. The molecule has 1 saturated carbocycles. The molecule has 5 rings (SSSR count). The second kappa shape index (κ2) is 17.5.